The van der Waals surface area contributed by atoms with Crippen LogP contribution in [0.25, 0.3) is 0 Å². The molecule has 0 atom stereocenters. The first-order valence-corrected chi connectivity index (χ1v) is 11.4. The molecule has 168 valence electrons. The fourth-order valence-corrected chi connectivity index (χ4v) is 3.77. The van der Waals surface area contributed by atoms with E-state index in [1.165, 1.54) is 36.7 Å². The molecular weight excluding hydrogens is 444 g/mol. The van der Waals surface area contributed by atoms with Crippen molar-refractivity contribution < 1.29 is 22.4 Å². The van der Waals surface area contributed by atoms with Crippen LogP contribution >= 0.6 is 0 Å². The molecule has 2 heterocycles. The minimum absolute atomic E-state index is 0.00138. The largest absolute Gasteiger partial charge is 0.486 e. The average molecular weight is 465 g/mol. The van der Waals surface area contributed by atoms with Gasteiger partial charge in [-0.2, -0.15) is 0 Å². The SMILES string of the molecule is Cc1ccc(OCc2ccc(C(=O)Nc3ccc(S(=O)(=O)Nc4ncccn4)cc3)o2)cc1. The summed E-state index contributed by atoms with van der Waals surface area (Å²) < 4.78 is 38.4. The van der Waals surface area contributed by atoms with Crippen molar-refractivity contribution in [3.8, 4) is 5.75 Å². The van der Waals surface area contributed by atoms with Crippen molar-refractivity contribution in [2.24, 2.45) is 0 Å². The van der Waals surface area contributed by atoms with Crippen LogP contribution in [0.4, 0.5) is 11.6 Å². The molecule has 4 rings (SSSR count). The first-order chi connectivity index (χ1) is 15.9. The van der Waals surface area contributed by atoms with Gasteiger partial charge in [0, 0.05) is 18.1 Å². The molecular formula is C23H20N4O5S. The van der Waals surface area contributed by atoms with Gasteiger partial charge in [-0.05, 0) is 61.5 Å². The first-order valence-electron chi connectivity index (χ1n) is 9.88. The quantitative estimate of drug-likeness (QED) is 0.404. The molecule has 33 heavy (non-hydrogen) atoms. The second-order valence-electron chi connectivity index (χ2n) is 7.02. The second kappa shape index (κ2) is 9.53. The van der Waals surface area contributed by atoms with Crippen LogP contribution in [0.3, 0.4) is 0 Å². The number of hydrogen-bond acceptors (Lipinski definition) is 7. The summed E-state index contributed by atoms with van der Waals surface area (Å²) in [7, 11) is -3.86. The van der Waals surface area contributed by atoms with Crippen LogP contribution in [0.2, 0.25) is 0 Å². The van der Waals surface area contributed by atoms with Gasteiger partial charge in [0.05, 0.1) is 4.90 Å². The van der Waals surface area contributed by atoms with E-state index >= 15 is 0 Å². The van der Waals surface area contributed by atoms with Crippen molar-refractivity contribution in [2.75, 3.05) is 10.0 Å². The summed E-state index contributed by atoms with van der Waals surface area (Å²) in [6.07, 6.45) is 2.86. The van der Waals surface area contributed by atoms with Gasteiger partial charge in [0.1, 0.15) is 18.1 Å². The molecule has 0 aliphatic heterocycles. The number of anilines is 2. The van der Waals surface area contributed by atoms with Gasteiger partial charge in [-0.25, -0.2) is 23.1 Å². The molecule has 2 N–H and O–H groups in total. The third kappa shape index (κ3) is 5.74. The van der Waals surface area contributed by atoms with Crippen LogP contribution in [0.15, 0.2) is 88.4 Å². The van der Waals surface area contributed by atoms with E-state index in [4.69, 9.17) is 9.15 Å². The fraction of sp³-hybridized carbons (Fsp3) is 0.0870. The lowest BCUT2D eigenvalue weighted by Crippen LogP contribution is -2.15. The monoisotopic (exact) mass is 464 g/mol. The summed E-state index contributed by atoms with van der Waals surface area (Å²) in [5, 5.41) is 2.67. The zero-order chi connectivity index (χ0) is 23.3. The van der Waals surface area contributed by atoms with Gasteiger partial charge in [-0.3, -0.25) is 4.79 Å². The van der Waals surface area contributed by atoms with Crippen molar-refractivity contribution >= 4 is 27.6 Å². The number of furan rings is 1. The maximum Gasteiger partial charge on any atom is 0.291 e. The maximum atomic E-state index is 12.5. The van der Waals surface area contributed by atoms with E-state index in [-0.39, 0.29) is 23.2 Å². The molecule has 4 aromatic rings. The summed E-state index contributed by atoms with van der Waals surface area (Å²) >= 11 is 0. The number of nitrogens with one attached hydrogen (secondary N) is 2. The molecule has 0 fully saturated rings. The Bertz CT molecular complexity index is 1340. The van der Waals surface area contributed by atoms with Crippen LogP contribution in [0.5, 0.6) is 5.75 Å². The molecule has 0 unspecified atom stereocenters. The molecule has 0 aliphatic rings. The van der Waals surface area contributed by atoms with E-state index in [0.29, 0.717) is 17.2 Å². The number of carbonyl (C=O) groups excluding carboxylic acids is 1. The van der Waals surface area contributed by atoms with Crippen molar-refractivity contribution in [3.05, 3.63) is 96.2 Å². The topological polar surface area (TPSA) is 123 Å². The molecule has 0 spiro atoms. The van der Waals surface area contributed by atoms with Gasteiger partial charge in [0.25, 0.3) is 15.9 Å². The number of sulfonamides is 1. The number of ether oxygens (including phenoxy) is 1. The Kier molecular flexibility index (Phi) is 6.36. The van der Waals surface area contributed by atoms with Gasteiger partial charge in [0.15, 0.2) is 5.76 Å². The zero-order valence-corrected chi connectivity index (χ0v) is 18.4. The third-order valence-corrected chi connectivity index (χ3v) is 5.85. The van der Waals surface area contributed by atoms with Gasteiger partial charge in [-0.1, -0.05) is 17.7 Å². The lowest BCUT2D eigenvalue weighted by atomic mass is 10.2. The summed E-state index contributed by atoms with van der Waals surface area (Å²) in [6, 6.07) is 18.1. The number of nitrogens with zero attached hydrogens (tertiary/aromatic N) is 2. The third-order valence-electron chi connectivity index (χ3n) is 4.50. The number of aryl methyl sites for hydroxylation is 1. The Morgan fingerprint density at radius 2 is 1.67 bits per heavy atom. The normalized spacial score (nSPS) is 11.1. The highest BCUT2D eigenvalue weighted by Crippen LogP contribution is 2.19. The van der Waals surface area contributed by atoms with Crippen LogP contribution in [0, 0.1) is 6.92 Å². The summed E-state index contributed by atoms with van der Waals surface area (Å²) in [4.78, 5) is 20.1. The standard InChI is InChI=1S/C23H20N4O5S/c1-16-3-7-18(8-4-16)31-15-19-9-12-21(32-19)22(28)26-17-5-10-20(11-6-17)33(29,30)27-23-24-13-2-14-25-23/h2-14H,15H2,1H3,(H,26,28)(H,24,25,27). The van der Waals surface area contributed by atoms with E-state index in [1.807, 2.05) is 31.2 Å². The number of amides is 1. The van der Waals surface area contributed by atoms with Crippen molar-refractivity contribution in [1.29, 1.82) is 0 Å². The molecule has 10 heteroatoms. The molecule has 0 aliphatic carbocycles. The summed E-state index contributed by atoms with van der Waals surface area (Å²) in [5.74, 6) is 0.803. The fourth-order valence-electron chi connectivity index (χ4n) is 2.81. The second-order valence-corrected chi connectivity index (χ2v) is 8.71. The number of benzene rings is 2. The first kappa shape index (κ1) is 22.0. The lowest BCUT2D eigenvalue weighted by Gasteiger charge is -2.08. The minimum Gasteiger partial charge on any atom is -0.486 e. The smallest absolute Gasteiger partial charge is 0.291 e. The van der Waals surface area contributed by atoms with E-state index in [1.54, 1.807) is 18.2 Å². The summed E-state index contributed by atoms with van der Waals surface area (Å²) in [6.45, 7) is 2.17. The average Bonchev–Trinajstić information content (AvgIpc) is 3.29. The Morgan fingerprint density at radius 3 is 2.36 bits per heavy atom. The van der Waals surface area contributed by atoms with Crippen molar-refractivity contribution in [3.63, 3.8) is 0 Å². The highest BCUT2D eigenvalue weighted by atomic mass is 32.2. The van der Waals surface area contributed by atoms with Crippen LogP contribution in [-0.4, -0.2) is 24.3 Å². The predicted molar refractivity (Wildman–Crippen MR) is 121 cm³/mol. The number of carbonyl (C=O) groups is 1. The molecule has 2 aromatic carbocycles. The molecule has 1 amide bonds. The van der Waals surface area contributed by atoms with Crippen molar-refractivity contribution in [1.82, 2.24) is 9.97 Å². The maximum absolute atomic E-state index is 12.5. The predicted octanol–water partition coefficient (Wildman–Crippen LogP) is 4.01. The van der Waals surface area contributed by atoms with Gasteiger partial charge >= 0.3 is 0 Å². The van der Waals surface area contributed by atoms with Crippen LogP contribution in [0.1, 0.15) is 21.9 Å². The van der Waals surface area contributed by atoms with Crippen molar-refractivity contribution in [2.45, 2.75) is 18.4 Å². The minimum atomic E-state index is -3.86. The number of hydrogen-bond donors (Lipinski definition) is 2. The molecule has 0 saturated carbocycles. The molecule has 0 saturated heterocycles. The highest BCUT2D eigenvalue weighted by molar-refractivity contribution is 7.92. The zero-order valence-electron chi connectivity index (χ0n) is 17.6. The highest BCUT2D eigenvalue weighted by Gasteiger charge is 2.16. The van der Waals surface area contributed by atoms with Crippen LogP contribution in [-0.2, 0) is 16.6 Å². The Morgan fingerprint density at radius 1 is 0.970 bits per heavy atom. The van der Waals surface area contributed by atoms with E-state index in [0.717, 1.165) is 5.56 Å². The Labute approximate surface area is 190 Å². The molecule has 9 nitrogen and oxygen atoms in total. The lowest BCUT2D eigenvalue weighted by molar-refractivity contribution is 0.0992. The Balaban J connectivity index is 1.35. The van der Waals surface area contributed by atoms with E-state index < -0.39 is 15.9 Å². The molecule has 2 aromatic heterocycles. The number of rotatable bonds is 8. The van der Waals surface area contributed by atoms with Crippen LogP contribution < -0.4 is 14.8 Å². The van der Waals surface area contributed by atoms with Gasteiger partial charge < -0.3 is 14.5 Å². The van der Waals surface area contributed by atoms with E-state index in [2.05, 4.69) is 20.0 Å². The summed E-state index contributed by atoms with van der Waals surface area (Å²) in [5.41, 5.74) is 1.54. The Hall–Kier alpha value is -4.18. The molecule has 0 bridgehead atoms. The van der Waals surface area contributed by atoms with E-state index in [9.17, 15) is 13.2 Å². The van der Waals surface area contributed by atoms with Gasteiger partial charge in [0.2, 0.25) is 5.95 Å². The number of aromatic nitrogens is 2. The van der Waals surface area contributed by atoms with Gasteiger partial charge in [-0.15, -0.1) is 0 Å². The molecule has 0 radical (unpaired) electrons.